The predicted molar refractivity (Wildman–Crippen MR) is 60.3 cm³/mol. The molecule has 0 radical (unpaired) electrons. The van der Waals surface area contributed by atoms with Gasteiger partial charge >= 0.3 is 5.82 Å². The molecule has 1 aromatic carbocycles. The van der Waals surface area contributed by atoms with Crippen molar-refractivity contribution in [3.63, 3.8) is 0 Å². The third-order valence-corrected chi connectivity index (χ3v) is 2.36. The van der Waals surface area contributed by atoms with E-state index >= 15 is 0 Å². The van der Waals surface area contributed by atoms with E-state index in [1.807, 2.05) is 24.3 Å². The van der Waals surface area contributed by atoms with Gasteiger partial charge in [0, 0.05) is 0 Å². The summed E-state index contributed by atoms with van der Waals surface area (Å²) in [6, 6.07) is 8.71. The van der Waals surface area contributed by atoms with Gasteiger partial charge < -0.3 is 15.2 Å². The lowest BCUT2D eigenvalue weighted by Crippen LogP contribution is -2.01. The Balaban J connectivity index is 2.11. The van der Waals surface area contributed by atoms with Gasteiger partial charge in [0.25, 0.3) is 0 Å². The number of nitrogens with zero attached hydrogens (tertiary/aromatic N) is 3. The first-order valence-electron chi connectivity index (χ1n) is 5.05. The lowest BCUT2D eigenvalue weighted by Gasteiger charge is -2.00. The van der Waals surface area contributed by atoms with Crippen LogP contribution in [0.25, 0.3) is 0 Å². The Morgan fingerprint density at radius 1 is 1.24 bits per heavy atom. The Kier molecular flexibility index (Phi) is 3.15. The average molecular weight is 233 g/mol. The fourth-order valence-corrected chi connectivity index (χ4v) is 1.47. The van der Waals surface area contributed by atoms with Crippen LogP contribution in [0.15, 0.2) is 36.5 Å². The molecule has 1 heterocycles. The SMILES string of the molecule is O=[N+]([O-])c1ccn(Cc2ccc(CO)cc2)n1. The van der Waals surface area contributed by atoms with E-state index in [1.165, 1.54) is 10.7 Å². The van der Waals surface area contributed by atoms with E-state index in [9.17, 15) is 10.1 Å². The van der Waals surface area contributed by atoms with Gasteiger partial charge in [-0.3, -0.25) is 0 Å². The molecule has 6 heteroatoms. The van der Waals surface area contributed by atoms with Crippen LogP contribution >= 0.6 is 0 Å². The van der Waals surface area contributed by atoms with Gasteiger partial charge in [0.15, 0.2) is 0 Å². The lowest BCUT2D eigenvalue weighted by atomic mass is 10.1. The van der Waals surface area contributed by atoms with E-state index in [-0.39, 0.29) is 12.4 Å². The van der Waals surface area contributed by atoms with Crippen molar-refractivity contribution in [3.8, 4) is 0 Å². The Labute approximate surface area is 97.3 Å². The van der Waals surface area contributed by atoms with Gasteiger partial charge in [-0.05, 0) is 16.1 Å². The first-order chi connectivity index (χ1) is 8.19. The standard InChI is InChI=1S/C11H11N3O3/c15-8-10-3-1-9(2-4-10)7-13-6-5-11(12-13)14(16)17/h1-6,15H,7-8H2. The van der Waals surface area contributed by atoms with Crippen molar-refractivity contribution in [3.05, 3.63) is 57.8 Å². The number of benzene rings is 1. The molecule has 0 saturated carbocycles. The number of hydrogen-bond acceptors (Lipinski definition) is 4. The van der Waals surface area contributed by atoms with Crippen LogP contribution in [-0.2, 0) is 13.2 Å². The fourth-order valence-electron chi connectivity index (χ4n) is 1.47. The fraction of sp³-hybridized carbons (Fsp3) is 0.182. The Morgan fingerprint density at radius 3 is 2.41 bits per heavy atom. The number of aromatic nitrogens is 2. The molecule has 0 bridgehead atoms. The van der Waals surface area contributed by atoms with E-state index < -0.39 is 4.92 Å². The molecule has 2 rings (SSSR count). The van der Waals surface area contributed by atoms with Crippen LogP contribution in [0.1, 0.15) is 11.1 Å². The number of aliphatic hydroxyl groups is 1. The van der Waals surface area contributed by atoms with Crippen molar-refractivity contribution in [1.82, 2.24) is 9.78 Å². The van der Waals surface area contributed by atoms with Crippen LogP contribution in [0.4, 0.5) is 5.82 Å². The number of hydrogen-bond donors (Lipinski definition) is 1. The number of nitro groups is 1. The molecule has 0 aliphatic rings. The summed E-state index contributed by atoms with van der Waals surface area (Å²) < 4.78 is 1.51. The molecule has 88 valence electrons. The maximum atomic E-state index is 10.5. The third kappa shape index (κ3) is 2.67. The maximum absolute atomic E-state index is 10.5. The van der Waals surface area contributed by atoms with Crippen LogP contribution in [0.5, 0.6) is 0 Å². The molecule has 0 spiro atoms. The molecule has 0 aliphatic heterocycles. The quantitative estimate of drug-likeness (QED) is 0.638. The van der Waals surface area contributed by atoms with Crippen LogP contribution < -0.4 is 0 Å². The summed E-state index contributed by atoms with van der Waals surface area (Å²) in [6.45, 7) is 0.479. The molecule has 0 saturated heterocycles. The van der Waals surface area contributed by atoms with Crippen molar-refractivity contribution in [2.24, 2.45) is 0 Å². The predicted octanol–water partition coefficient (Wildman–Crippen LogP) is 1.33. The highest BCUT2D eigenvalue weighted by Crippen LogP contribution is 2.09. The Hall–Kier alpha value is -2.21. The van der Waals surface area contributed by atoms with Gasteiger partial charge in [0.05, 0.1) is 30.5 Å². The van der Waals surface area contributed by atoms with Gasteiger partial charge in [-0.2, -0.15) is 4.68 Å². The minimum Gasteiger partial charge on any atom is -0.392 e. The minimum atomic E-state index is -0.522. The zero-order chi connectivity index (χ0) is 12.3. The zero-order valence-corrected chi connectivity index (χ0v) is 8.98. The molecule has 0 atom stereocenters. The van der Waals surface area contributed by atoms with E-state index in [0.717, 1.165) is 11.1 Å². The summed E-state index contributed by atoms with van der Waals surface area (Å²) in [6.07, 6.45) is 1.57. The second kappa shape index (κ2) is 4.75. The largest absolute Gasteiger partial charge is 0.392 e. The van der Waals surface area contributed by atoms with Gasteiger partial charge in [-0.1, -0.05) is 24.3 Å². The summed E-state index contributed by atoms with van der Waals surface area (Å²) in [7, 11) is 0. The number of rotatable bonds is 4. The molecule has 0 amide bonds. The van der Waals surface area contributed by atoms with Crippen molar-refractivity contribution >= 4 is 5.82 Å². The minimum absolute atomic E-state index is 0.00746. The normalized spacial score (nSPS) is 10.4. The molecule has 0 fully saturated rings. The molecule has 1 aromatic heterocycles. The third-order valence-electron chi connectivity index (χ3n) is 2.36. The molecule has 0 unspecified atom stereocenters. The van der Waals surface area contributed by atoms with E-state index in [2.05, 4.69) is 5.10 Å². The van der Waals surface area contributed by atoms with Crippen LogP contribution in [0, 0.1) is 10.1 Å². The highest BCUT2D eigenvalue weighted by atomic mass is 16.6. The molecule has 6 nitrogen and oxygen atoms in total. The van der Waals surface area contributed by atoms with Crippen molar-refractivity contribution in [2.45, 2.75) is 13.2 Å². The van der Waals surface area contributed by atoms with Gasteiger partial charge in [0.1, 0.15) is 0 Å². The lowest BCUT2D eigenvalue weighted by molar-refractivity contribution is -0.389. The Bertz CT molecular complexity index is 519. The van der Waals surface area contributed by atoms with Crippen molar-refractivity contribution < 1.29 is 10.0 Å². The van der Waals surface area contributed by atoms with Crippen LogP contribution in [0.2, 0.25) is 0 Å². The van der Waals surface area contributed by atoms with Crippen LogP contribution in [0.3, 0.4) is 0 Å². The molecule has 1 N–H and O–H groups in total. The van der Waals surface area contributed by atoms with Gasteiger partial charge in [-0.25, -0.2) is 0 Å². The van der Waals surface area contributed by atoms with E-state index in [1.54, 1.807) is 6.20 Å². The van der Waals surface area contributed by atoms with Crippen LogP contribution in [-0.4, -0.2) is 19.8 Å². The average Bonchev–Trinajstić information content (AvgIpc) is 2.79. The van der Waals surface area contributed by atoms with Crippen molar-refractivity contribution in [2.75, 3.05) is 0 Å². The monoisotopic (exact) mass is 233 g/mol. The summed E-state index contributed by atoms with van der Waals surface area (Å²) in [5, 5.41) is 23.2. The molecule has 0 aliphatic carbocycles. The first-order valence-corrected chi connectivity index (χ1v) is 5.05. The molecular formula is C11H11N3O3. The van der Waals surface area contributed by atoms with E-state index in [0.29, 0.717) is 6.54 Å². The number of aliphatic hydroxyl groups excluding tert-OH is 1. The molecule has 2 aromatic rings. The highest BCUT2D eigenvalue weighted by Gasteiger charge is 2.10. The van der Waals surface area contributed by atoms with Crippen molar-refractivity contribution in [1.29, 1.82) is 0 Å². The highest BCUT2D eigenvalue weighted by molar-refractivity contribution is 5.22. The summed E-state index contributed by atoms with van der Waals surface area (Å²) >= 11 is 0. The second-order valence-electron chi connectivity index (χ2n) is 3.60. The summed E-state index contributed by atoms with van der Waals surface area (Å²) in [5.74, 6) is -0.156. The Morgan fingerprint density at radius 2 is 1.88 bits per heavy atom. The van der Waals surface area contributed by atoms with Gasteiger partial charge in [0.2, 0.25) is 0 Å². The topological polar surface area (TPSA) is 81.2 Å². The van der Waals surface area contributed by atoms with Gasteiger partial charge in [-0.15, -0.1) is 0 Å². The first kappa shape index (κ1) is 11.3. The smallest absolute Gasteiger partial charge is 0.389 e. The summed E-state index contributed by atoms with van der Waals surface area (Å²) in [4.78, 5) is 9.93. The molecule has 17 heavy (non-hydrogen) atoms. The zero-order valence-electron chi connectivity index (χ0n) is 8.98. The summed E-state index contributed by atoms with van der Waals surface area (Å²) in [5.41, 5.74) is 1.81. The maximum Gasteiger partial charge on any atom is 0.389 e. The molecular weight excluding hydrogens is 222 g/mol. The van der Waals surface area contributed by atoms with E-state index in [4.69, 9.17) is 5.11 Å². The second-order valence-corrected chi connectivity index (χ2v) is 3.60.